The van der Waals surface area contributed by atoms with E-state index in [0.29, 0.717) is 0 Å². The average Bonchev–Trinajstić information content (AvgIpc) is 3.31. The molecule has 0 bridgehead atoms. The van der Waals surface area contributed by atoms with Crippen LogP contribution < -0.4 is 41.5 Å². The fourth-order valence-corrected chi connectivity index (χ4v) is 19.4. The summed E-state index contributed by atoms with van der Waals surface area (Å²) in [5.41, 5.74) is 2.48. The first-order chi connectivity index (χ1) is 28.8. The van der Waals surface area contributed by atoms with Gasteiger partial charge in [0.1, 0.15) is 0 Å². The van der Waals surface area contributed by atoms with Crippen LogP contribution in [0, 0.1) is 0 Å². The fourth-order valence-electron chi connectivity index (χ4n) is 9.62. The van der Waals surface area contributed by atoms with E-state index < -0.39 is 16.1 Å². The third-order valence-corrected chi connectivity index (χ3v) is 21.8. The largest absolute Gasteiger partial charge is 0.180 e. The molecule has 0 amide bonds. The van der Waals surface area contributed by atoms with Crippen LogP contribution in [0.5, 0.6) is 0 Å². The smallest absolute Gasteiger partial charge is 0.0623 e. The van der Waals surface area contributed by atoms with E-state index in [-0.39, 0.29) is 0 Å². The van der Waals surface area contributed by atoms with E-state index in [1.807, 2.05) is 0 Å². The van der Waals surface area contributed by atoms with Crippen LogP contribution in [0.4, 0.5) is 0 Å². The Morgan fingerprint density at radius 1 is 0.224 bits per heavy atom. The molecule has 10 aromatic rings. The predicted molar refractivity (Wildman–Crippen MR) is 254 cm³/mol. The van der Waals surface area contributed by atoms with Crippen molar-refractivity contribution in [3.8, 4) is 11.1 Å². The van der Waals surface area contributed by atoms with Gasteiger partial charge in [0, 0.05) is 0 Å². The van der Waals surface area contributed by atoms with Gasteiger partial charge in [-0.25, -0.2) is 0 Å². The van der Waals surface area contributed by atoms with Crippen LogP contribution in [0.15, 0.2) is 255 Å². The van der Waals surface area contributed by atoms with Gasteiger partial charge < -0.3 is 0 Å². The first kappa shape index (κ1) is 35.6. The molecule has 0 saturated heterocycles. The Bertz CT molecular complexity index is 2770. The highest BCUT2D eigenvalue weighted by molar-refractivity contribution is 7.21. The minimum Gasteiger partial charge on any atom is -0.0623 e. The zero-order chi connectivity index (χ0) is 38.8. The number of benzene rings is 10. The van der Waals surface area contributed by atoms with Gasteiger partial charge >= 0.3 is 0 Å². The Morgan fingerprint density at radius 2 is 0.586 bits per heavy atom. The van der Waals surface area contributed by atoms with Gasteiger partial charge in [-0.1, -0.05) is 249 Å². The highest BCUT2D eigenvalue weighted by Crippen LogP contribution is 2.32. The van der Waals surface area contributed by atoms with Crippen molar-refractivity contribution in [1.29, 1.82) is 0 Å². The van der Waals surface area contributed by atoms with Crippen LogP contribution >= 0.6 is 0 Å². The summed E-state index contributed by atoms with van der Waals surface area (Å²) in [6.07, 6.45) is 0. The second kappa shape index (κ2) is 15.2. The lowest BCUT2D eigenvalue weighted by atomic mass is 9.96. The minimum absolute atomic E-state index is 1.23. The highest BCUT2D eigenvalue weighted by Gasteiger charge is 2.43. The van der Waals surface area contributed by atoms with Crippen LogP contribution in [-0.4, -0.2) is 16.1 Å². The zero-order valence-corrected chi connectivity index (χ0v) is 34.2. The summed E-state index contributed by atoms with van der Waals surface area (Å²) < 4.78 is 0. The molecule has 0 unspecified atom stereocenters. The molecule has 0 radical (unpaired) electrons. The Balaban J connectivity index is 1.16. The SMILES string of the molecule is c1ccc([Si](c2ccccc2)(c2ccccc2)c2ccc3cc(-c4ccc([Si](c5ccccc5)(c5ccccc5)c5ccccc5)c5ccccc45)ccc3c2)cc1. The maximum absolute atomic E-state index is 2.74. The van der Waals surface area contributed by atoms with Gasteiger partial charge in [-0.05, 0) is 80.2 Å². The first-order valence-electron chi connectivity index (χ1n) is 20.2. The van der Waals surface area contributed by atoms with Crippen LogP contribution in [0.2, 0.25) is 0 Å². The van der Waals surface area contributed by atoms with E-state index in [9.17, 15) is 0 Å². The summed E-state index contributed by atoms with van der Waals surface area (Å²) in [7, 11) is -5.37. The zero-order valence-electron chi connectivity index (χ0n) is 32.2. The van der Waals surface area contributed by atoms with Crippen molar-refractivity contribution < 1.29 is 0 Å². The van der Waals surface area contributed by atoms with Crippen LogP contribution in [0.1, 0.15) is 0 Å². The number of fused-ring (bicyclic) bond motifs is 2. The van der Waals surface area contributed by atoms with E-state index in [2.05, 4.69) is 255 Å². The Kier molecular flexibility index (Phi) is 9.35. The Hall–Kier alpha value is -6.85. The second-order valence-corrected chi connectivity index (χ2v) is 22.8. The summed E-state index contributed by atoms with van der Waals surface area (Å²) in [4.78, 5) is 0. The molecule has 10 aromatic carbocycles. The Labute approximate surface area is 343 Å². The summed E-state index contributed by atoms with van der Waals surface area (Å²) in [5.74, 6) is 0. The highest BCUT2D eigenvalue weighted by atomic mass is 28.3. The van der Waals surface area contributed by atoms with Crippen molar-refractivity contribution in [2.45, 2.75) is 0 Å². The third kappa shape index (κ3) is 5.89. The number of hydrogen-bond donors (Lipinski definition) is 0. The minimum atomic E-state index is -2.74. The number of rotatable bonds is 9. The molecule has 0 atom stereocenters. The molecular weight excluding hydrogens is 729 g/mol. The fraction of sp³-hybridized carbons (Fsp3) is 0. The molecule has 0 N–H and O–H groups in total. The lowest BCUT2D eigenvalue weighted by Gasteiger charge is -2.35. The Morgan fingerprint density at radius 3 is 1.03 bits per heavy atom. The molecule has 0 aromatic heterocycles. The molecular formula is C56H42Si2. The molecule has 0 saturated carbocycles. The molecule has 0 aliphatic heterocycles. The van der Waals surface area contributed by atoms with Gasteiger partial charge in [0.05, 0.1) is 0 Å². The van der Waals surface area contributed by atoms with Gasteiger partial charge in [-0.15, -0.1) is 0 Å². The molecule has 10 rings (SSSR count). The van der Waals surface area contributed by atoms with Gasteiger partial charge in [-0.3, -0.25) is 0 Å². The van der Waals surface area contributed by atoms with E-state index in [1.165, 1.54) is 74.2 Å². The standard InChI is InChI=1S/C56H42Si2/c1-7-21-46(22-8-1)57(47-23-9-2-10-24-47,48-25-11-3-12-26-48)52-38-37-43-41-45(36-35-44(43)42-52)53-39-40-56(55-34-20-19-33-54(53)55)58(49-27-13-4-14-28-49,50-29-15-5-16-30-50)51-31-17-6-18-32-51/h1-42H. The molecule has 58 heavy (non-hydrogen) atoms. The summed E-state index contributed by atoms with van der Waals surface area (Å²) in [5, 5.41) is 16.2. The first-order valence-corrected chi connectivity index (χ1v) is 24.2. The molecule has 274 valence electrons. The van der Waals surface area contributed by atoms with Crippen molar-refractivity contribution in [1.82, 2.24) is 0 Å². The van der Waals surface area contributed by atoms with E-state index in [0.717, 1.165) is 0 Å². The van der Waals surface area contributed by atoms with Crippen molar-refractivity contribution in [2.75, 3.05) is 0 Å². The normalized spacial score (nSPS) is 11.8. The van der Waals surface area contributed by atoms with Gasteiger partial charge in [0.25, 0.3) is 0 Å². The van der Waals surface area contributed by atoms with E-state index in [4.69, 9.17) is 0 Å². The monoisotopic (exact) mass is 770 g/mol. The summed E-state index contributed by atoms with van der Waals surface area (Å²) in [6.45, 7) is 0. The maximum atomic E-state index is 2.47. The van der Waals surface area contributed by atoms with Crippen molar-refractivity contribution in [3.05, 3.63) is 255 Å². The van der Waals surface area contributed by atoms with Crippen LogP contribution in [0.3, 0.4) is 0 Å². The van der Waals surface area contributed by atoms with Gasteiger partial charge in [-0.2, -0.15) is 0 Å². The third-order valence-electron chi connectivity index (χ3n) is 12.2. The van der Waals surface area contributed by atoms with Crippen LogP contribution in [0.25, 0.3) is 32.7 Å². The topological polar surface area (TPSA) is 0 Å². The molecule has 0 fully saturated rings. The van der Waals surface area contributed by atoms with Gasteiger partial charge in [0.15, 0.2) is 16.1 Å². The average molecular weight is 771 g/mol. The molecule has 0 heterocycles. The lowest BCUT2D eigenvalue weighted by molar-refractivity contribution is 1.66. The lowest BCUT2D eigenvalue weighted by Crippen LogP contribution is -2.74. The van der Waals surface area contributed by atoms with E-state index >= 15 is 0 Å². The molecule has 2 heteroatoms. The molecule has 0 aliphatic carbocycles. The molecule has 0 spiro atoms. The maximum Gasteiger partial charge on any atom is 0.180 e. The van der Waals surface area contributed by atoms with Crippen molar-refractivity contribution in [2.24, 2.45) is 0 Å². The van der Waals surface area contributed by atoms with Gasteiger partial charge in [0.2, 0.25) is 0 Å². The number of hydrogen-bond acceptors (Lipinski definition) is 0. The summed E-state index contributed by atoms with van der Waals surface area (Å²) in [6, 6.07) is 95.4. The van der Waals surface area contributed by atoms with Crippen LogP contribution in [-0.2, 0) is 0 Å². The second-order valence-electron chi connectivity index (χ2n) is 15.2. The molecule has 0 aliphatic rings. The van der Waals surface area contributed by atoms with E-state index in [1.54, 1.807) is 0 Å². The van der Waals surface area contributed by atoms with Crippen molar-refractivity contribution >= 4 is 79.2 Å². The summed E-state index contributed by atoms with van der Waals surface area (Å²) >= 11 is 0. The quantitative estimate of drug-likeness (QED) is 0.102. The molecule has 0 nitrogen and oxygen atoms in total. The van der Waals surface area contributed by atoms with Crippen molar-refractivity contribution in [3.63, 3.8) is 0 Å². The predicted octanol–water partition coefficient (Wildman–Crippen LogP) is 8.41.